The molecule has 164 valence electrons. The van der Waals surface area contributed by atoms with Crippen LogP contribution in [-0.4, -0.2) is 48.4 Å². The van der Waals surface area contributed by atoms with E-state index in [1.807, 2.05) is 40.7 Å². The molecule has 30 heavy (non-hydrogen) atoms. The van der Waals surface area contributed by atoms with Crippen LogP contribution in [0.4, 0.5) is 4.39 Å². The zero-order chi connectivity index (χ0) is 22.5. The minimum absolute atomic E-state index is 0.0531. The molecule has 1 aromatic rings. The first-order chi connectivity index (χ1) is 14.1. The summed E-state index contributed by atoms with van der Waals surface area (Å²) in [6, 6.07) is 5.50. The minimum Gasteiger partial charge on any atom is -0.352 e. The molecule has 1 aliphatic heterocycles. The molecule has 0 unspecified atom stereocenters. The van der Waals surface area contributed by atoms with Crippen molar-refractivity contribution in [1.29, 1.82) is 5.26 Å². The molecular formula is C23H33FN4O2. The summed E-state index contributed by atoms with van der Waals surface area (Å²) in [6.07, 6.45) is 2.05. The summed E-state index contributed by atoms with van der Waals surface area (Å²) in [7, 11) is 0. The van der Waals surface area contributed by atoms with E-state index in [-0.39, 0.29) is 33.9 Å². The van der Waals surface area contributed by atoms with Gasteiger partial charge in [-0.2, -0.15) is 5.26 Å². The van der Waals surface area contributed by atoms with E-state index >= 15 is 0 Å². The molecule has 6 nitrogen and oxygen atoms in total. The van der Waals surface area contributed by atoms with E-state index in [1.54, 1.807) is 0 Å². The summed E-state index contributed by atoms with van der Waals surface area (Å²) < 4.78 is 13.5. The highest BCUT2D eigenvalue weighted by atomic mass is 19.1. The Morgan fingerprint density at radius 3 is 2.43 bits per heavy atom. The molecule has 1 saturated carbocycles. The summed E-state index contributed by atoms with van der Waals surface area (Å²) in [5.41, 5.74) is 0.377. The average molecular weight is 417 g/mol. The Hall–Kier alpha value is -2.46. The molecule has 1 aromatic carbocycles. The molecule has 2 fully saturated rings. The van der Waals surface area contributed by atoms with Gasteiger partial charge in [-0.3, -0.25) is 14.5 Å². The van der Waals surface area contributed by atoms with Crippen molar-refractivity contribution in [3.05, 3.63) is 35.1 Å². The first-order valence-corrected chi connectivity index (χ1v) is 10.6. The summed E-state index contributed by atoms with van der Waals surface area (Å²) in [6.45, 7) is 12.7. The number of hydrogen-bond acceptors (Lipinski definition) is 4. The normalized spacial score (nSPS) is 17.6. The fraction of sp³-hybridized carbons (Fsp3) is 0.609. The third kappa shape index (κ3) is 6.27. The van der Waals surface area contributed by atoms with Gasteiger partial charge >= 0.3 is 0 Å². The van der Waals surface area contributed by atoms with Crippen LogP contribution in [0.3, 0.4) is 0 Å². The number of benzene rings is 1. The maximum Gasteiger partial charge on any atom is 0.251 e. The molecule has 0 aromatic heterocycles. The highest BCUT2D eigenvalue weighted by molar-refractivity contribution is 5.94. The molecule has 3 rings (SSSR count). The number of halogens is 1. The zero-order valence-corrected chi connectivity index (χ0v) is 18.6. The van der Waals surface area contributed by atoms with Crippen LogP contribution in [0.2, 0.25) is 0 Å². The van der Waals surface area contributed by atoms with E-state index in [4.69, 9.17) is 5.26 Å². The van der Waals surface area contributed by atoms with Gasteiger partial charge < -0.3 is 10.6 Å². The fourth-order valence-electron chi connectivity index (χ4n) is 4.37. The predicted octanol–water partition coefficient (Wildman–Crippen LogP) is 3.08. The molecule has 1 saturated heterocycles. The summed E-state index contributed by atoms with van der Waals surface area (Å²) in [5.74, 6) is -0.487. The number of carbonyl (C=O) groups is 2. The van der Waals surface area contributed by atoms with E-state index < -0.39 is 5.82 Å². The molecule has 1 spiro atoms. The summed E-state index contributed by atoms with van der Waals surface area (Å²) >= 11 is 0. The van der Waals surface area contributed by atoms with E-state index in [1.165, 1.54) is 6.07 Å². The van der Waals surface area contributed by atoms with Crippen LogP contribution in [0.15, 0.2) is 18.2 Å². The first-order valence-electron chi connectivity index (χ1n) is 10.6. The quantitative estimate of drug-likeness (QED) is 0.772. The third-order valence-electron chi connectivity index (χ3n) is 5.28. The van der Waals surface area contributed by atoms with Gasteiger partial charge in [-0.15, -0.1) is 0 Å². The number of hydrogen-bond donors (Lipinski definition) is 2. The third-order valence-corrected chi connectivity index (χ3v) is 5.28. The standard InChI is InChI=1S/C21H27FN4O2.C2H6/c1-20(2,3)25-18(27)11-26-12-21(13-26)7-15(8-21)10-24-19(28)16-4-14(9-23)5-17(22)6-16;1-2/h4-6,15H,7-8,10-13H2,1-3H3,(H,24,28)(H,25,27);1-2H3. The maximum atomic E-state index is 13.5. The molecule has 7 heteroatoms. The molecular weight excluding hydrogens is 383 g/mol. The van der Waals surface area contributed by atoms with E-state index in [9.17, 15) is 14.0 Å². The molecule has 1 heterocycles. The van der Waals surface area contributed by atoms with Crippen LogP contribution < -0.4 is 10.6 Å². The van der Waals surface area contributed by atoms with Crippen LogP contribution in [0.5, 0.6) is 0 Å². The predicted molar refractivity (Wildman–Crippen MR) is 114 cm³/mol. The maximum absolute atomic E-state index is 13.5. The number of carbonyl (C=O) groups excluding carboxylic acids is 2. The second-order valence-corrected chi connectivity index (χ2v) is 9.27. The lowest BCUT2D eigenvalue weighted by Crippen LogP contribution is -2.64. The van der Waals surface area contributed by atoms with E-state index in [2.05, 4.69) is 15.5 Å². The molecule has 0 radical (unpaired) electrons. The fourth-order valence-corrected chi connectivity index (χ4v) is 4.37. The number of amides is 2. The van der Waals surface area contributed by atoms with Gasteiger partial charge in [0.1, 0.15) is 5.82 Å². The smallest absolute Gasteiger partial charge is 0.251 e. The second kappa shape index (κ2) is 9.57. The van der Waals surface area contributed by atoms with Gasteiger partial charge in [0, 0.05) is 30.7 Å². The second-order valence-electron chi connectivity index (χ2n) is 9.27. The van der Waals surface area contributed by atoms with Gasteiger partial charge in [0.2, 0.25) is 5.91 Å². The Balaban J connectivity index is 0.00000155. The lowest BCUT2D eigenvalue weighted by Gasteiger charge is -2.59. The van der Waals surface area contributed by atoms with E-state index in [0.717, 1.165) is 38.1 Å². The highest BCUT2D eigenvalue weighted by Crippen LogP contribution is 2.51. The number of likely N-dealkylation sites (tertiary alicyclic amines) is 1. The topological polar surface area (TPSA) is 85.2 Å². The largest absolute Gasteiger partial charge is 0.352 e. The van der Waals surface area contributed by atoms with Crippen LogP contribution >= 0.6 is 0 Å². The number of rotatable bonds is 5. The van der Waals surface area contributed by atoms with Gasteiger partial charge in [-0.1, -0.05) is 13.8 Å². The molecule has 0 atom stereocenters. The van der Waals surface area contributed by atoms with Crippen LogP contribution in [0.25, 0.3) is 0 Å². The molecule has 2 aliphatic rings. The van der Waals surface area contributed by atoms with Gasteiger partial charge in [-0.05, 0) is 63.1 Å². The average Bonchev–Trinajstić information content (AvgIpc) is 2.60. The molecule has 1 aliphatic carbocycles. The van der Waals surface area contributed by atoms with Crippen molar-refractivity contribution < 1.29 is 14.0 Å². The lowest BCUT2D eigenvalue weighted by molar-refractivity contribution is -0.133. The van der Waals surface area contributed by atoms with Gasteiger partial charge in [-0.25, -0.2) is 4.39 Å². The number of nitrogens with one attached hydrogen (secondary N) is 2. The zero-order valence-electron chi connectivity index (χ0n) is 18.6. The van der Waals surface area contributed by atoms with Gasteiger partial charge in [0.25, 0.3) is 5.91 Å². The van der Waals surface area contributed by atoms with Crippen molar-refractivity contribution in [2.75, 3.05) is 26.2 Å². The van der Waals surface area contributed by atoms with Crippen molar-refractivity contribution >= 4 is 11.8 Å². The lowest BCUT2D eigenvalue weighted by atomic mass is 9.57. The van der Waals surface area contributed by atoms with Gasteiger partial charge in [0.05, 0.1) is 18.2 Å². The summed E-state index contributed by atoms with van der Waals surface area (Å²) in [5, 5.41) is 14.7. The molecule has 2 amide bonds. The monoisotopic (exact) mass is 416 g/mol. The molecule has 2 N–H and O–H groups in total. The van der Waals surface area contributed by atoms with Crippen molar-refractivity contribution in [3.8, 4) is 6.07 Å². The minimum atomic E-state index is -0.586. The van der Waals surface area contributed by atoms with Crippen LogP contribution in [-0.2, 0) is 4.79 Å². The molecule has 0 bridgehead atoms. The Bertz CT molecular complexity index is 811. The number of nitrogens with zero attached hydrogens (tertiary/aromatic N) is 2. The van der Waals surface area contributed by atoms with Crippen LogP contribution in [0.1, 0.15) is 63.4 Å². The highest BCUT2D eigenvalue weighted by Gasteiger charge is 2.52. The first kappa shape index (κ1) is 23.8. The SMILES string of the molecule is CC.CC(C)(C)NC(=O)CN1CC2(CC(CNC(=O)c3cc(F)cc(C#N)c3)C2)C1. The van der Waals surface area contributed by atoms with Crippen molar-refractivity contribution in [1.82, 2.24) is 15.5 Å². The Morgan fingerprint density at radius 2 is 1.87 bits per heavy atom. The van der Waals surface area contributed by atoms with Crippen molar-refractivity contribution in [2.24, 2.45) is 11.3 Å². The summed E-state index contributed by atoms with van der Waals surface area (Å²) in [4.78, 5) is 26.3. The van der Waals surface area contributed by atoms with E-state index in [0.29, 0.717) is 19.0 Å². The Labute approximate surface area is 178 Å². The Morgan fingerprint density at radius 1 is 1.23 bits per heavy atom. The van der Waals surface area contributed by atoms with Gasteiger partial charge in [0.15, 0.2) is 0 Å². The van der Waals surface area contributed by atoms with Crippen molar-refractivity contribution in [3.63, 3.8) is 0 Å². The number of nitriles is 1. The Kier molecular flexibility index (Phi) is 7.59. The van der Waals surface area contributed by atoms with Crippen LogP contribution in [0, 0.1) is 28.5 Å². The van der Waals surface area contributed by atoms with Crippen molar-refractivity contribution in [2.45, 2.75) is 53.0 Å².